The maximum absolute atomic E-state index is 11.7. The standard InChI is InChI=1S/C16H27NO6/c1-6-12(3)21-9-8-17-15(20)23-11-13(18)10-22-14(19)16(4,5)7-2/h6,13,18H,1,3,7-11H2,2,4-5H3,(H,17,20). The first-order valence-electron chi connectivity index (χ1n) is 7.43. The molecule has 0 aliphatic heterocycles. The highest BCUT2D eigenvalue weighted by atomic mass is 16.6. The van der Waals surface area contributed by atoms with Crippen LogP contribution < -0.4 is 5.32 Å². The minimum Gasteiger partial charge on any atom is -0.492 e. The topological polar surface area (TPSA) is 94.1 Å². The molecule has 0 aliphatic rings. The van der Waals surface area contributed by atoms with Gasteiger partial charge in [0.25, 0.3) is 0 Å². The first kappa shape index (κ1) is 21.0. The van der Waals surface area contributed by atoms with Gasteiger partial charge in [-0.15, -0.1) is 0 Å². The number of esters is 1. The van der Waals surface area contributed by atoms with Crippen molar-refractivity contribution in [2.45, 2.75) is 33.3 Å². The minimum atomic E-state index is -1.07. The summed E-state index contributed by atoms with van der Waals surface area (Å²) in [7, 11) is 0. The second kappa shape index (κ2) is 10.7. The number of allylic oxidation sites excluding steroid dienone is 1. The fourth-order valence-corrected chi connectivity index (χ4v) is 1.18. The van der Waals surface area contributed by atoms with Gasteiger partial charge in [0.15, 0.2) is 0 Å². The minimum absolute atomic E-state index is 0.224. The average Bonchev–Trinajstić information content (AvgIpc) is 2.53. The first-order chi connectivity index (χ1) is 10.7. The van der Waals surface area contributed by atoms with Crippen LogP contribution in [-0.4, -0.2) is 49.6 Å². The van der Waals surface area contributed by atoms with Crippen LogP contribution in [0.4, 0.5) is 4.79 Å². The molecule has 0 fully saturated rings. The van der Waals surface area contributed by atoms with Crippen LogP contribution in [0.2, 0.25) is 0 Å². The summed E-state index contributed by atoms with van der Waals surface area (Å²) in [6.45, 7) is 12.4. The third-order valence-electron chi connectivity index (χ3n) is 3.14. The Morgan fingerprint density at radius 1 is 1.26 bits per heavy atom. The van der Waals surface area contributed by atoms with Crippen LogP contribution >= 0.6 is 0 Å². The SMILES string of the molecule is C=CC(=C)OCCNC(=O)OCC(O)COC(=O)C(C)(C)CC. The van der Waals surface area contributed by atoms with Gasteiger partial charge in [-0.2, -0.15) is 0 Å². The number of nitrogens with one attached hydrogen (secondary N) is 1. The molecule has 0 aromatic carbocycles. The summed E-state index contributed by atoms with van der Waals surface area (Å²) >= 11 is 0. The van der Waals surface area contributed by atoms with Crippen molar-refractivity contribution in [1.82, 2.24) is 5.32 Å². The molecule has 0 aromatic heterocycles. The van der Waals surface area contributed by atoms with E-state index in [1.807, 2.05) is 6.92 Å². The molecule has 0 saturated heterocycles. The van der Waals surface area contributed by atoms with Gasteiger partial charge in [-0.3, -0.25) is 4.79 Å². The molecule has 7 nitrogen and oxygen atoms in total. The Morgan fingerprint density at radius 3 is 2.43 bits per heavy atom. The molecule has 1 unspecified atom stereocenters. The molecule has 1 atom stereocenters. The van der Waals surface area contributed by atoms with E-state index in [-0.39, 0.29) is 26.4 Å². The summed E-state index contributed by atoms with van der Waals surface area (Å²) in [5, 5.41) is 12.1. The lowest BCUT2D eigenvalue weighted by Gasteiger charge is -2.21. The highest BCUT2D eigenvalue weighted by Crippen LogP contribution is 2.21. The van der Waals surface area contributed by atoms with Gasteiger partial charge in [0.2, 0.25) is 0 Å². The normalized spacial score (nSPS) is 12.0. The molecule has 2 N–H and O–H groups in total. The van der Waals surface area contributed by atoms with Crippen LogP contribution in [0.5, 0.6) is 0 Å². The van der Waals surface area contributed by atoms with Crippen molar-refractivity contribution in [2.24, 2.45) is 5.41 Å². The van der Waals surface area contributed by atoms with E-state index in [0.29, 0.717) is 12.2 Å². The number of carbonyl (C=O) groups is 2. The fourth-order valence-electron chi connectivity index (χ4n) is 1.18. The number of carbonyl (C=O) groups excluding carboxylic acids is 2. The van der Waals surface area contributed by atoms with Crippen molar-refractivity contribution in [2.75, 3.05) is 26.4 Å². The number of ether oxygens (including phenoxy) is 3. The van der Waals surface area contributed by atoms with E-state index in [9.17, 15) is 14.7 Å². The Kier molecular flexibility index (Phi) is 9.73. The van der Waals surface area contributed by atoms with Crippen molar-refractivity contribution >= 4 is 12.1 Å². The molecule has 1 amide bonds. The van der Waals surface area contributed by atoms with Crippen LogP contribution in [0.25, 0.3) is 0 Å². The molecule has 0 bridgehead atoms. The molecule has 0 radical (unpaired) electrons. The zero-order valence-corrected chi connectivity index (χ0v) is 14.1. The molecular formula is C16H27NO6. The first-order valence-corrected chi connectivity index (χ1v) is 7.43. The predicted molar refractivity (Wildman–Crippen MR) is 85.7 cm³/mol. The number of amides is 1. The number of aliphatic hydroxyl groups excluding tert-OH is 1. The van der Waals surface area contributed by atoms with E-state index in [1.54, 1.807) is 13.8 Å². The molecule has 23 heavy (non-hydrogen) atoms. The highest BCUT2D eigenvalue weighted by molar-refractivity contribution is 5.75. The summed E-state index contributed by atoms with van der Waals surface area (Å²) in [5.74, 6) is 0.00973. The maximum Gasteiger partial charge on any atom is 0.407 e. The quantitative estimate of drug-likeness (QED) is 0.260. The molecule has 0 spiro atoms. The Morgan fingerprint density at radius 2 is 1.87 bits per heavy atom. The van der Waals surface area contributed by atoms with Gasteiger partial charge in [-0.1, -0.05) is 20.1 Å². The molecule has 0 heterocycles. The van der Waals surface area contributed by atoms with Gasteiger partial charge in [-0.25, -0.2) is 4.79 Å². The van der Waals surface area contributed by atoms with Gasteiger partial charge < -0.3 is 24.6 Å². The van der Waals surface area contributed by atoms with E-state index < -0.39 is 23.6 Å². The number of alkyl carbamates (subject to hydrolysis) is 1. The summed E-state index contributed by atoms with van der Waals surface area (Å²) in [6, 6.07) is 0. The third kappa shape index (κ3) is 9.57. The largest absolute Gasteiger partial charge is 0.492 e. The van der Waals surface area contributed by atoms with Crippen LogP contribution in [0.3, 0.4) is 0 Å². The van der Waals surface area contributed by atoms with Crippen molar-refractivity contribution in [3.63, 3.8) is 0 Å². The Labute approximate surface area is 137 Å². The molecule has 7 heteroatoms. The summed E-state index contributed by atoms with van der Waals surface area (Å²) in [6.07, 6.45) is 0.308. The maximum atomic E-state index is 11.7. The van der Waals surface area contributed by atoms with Crippen LogP contribution in [-0.2, 0) is 19.0 Å². The van der Waals surface area contributed by atoms with Crippen LogP contribution in [0.1, 0.15) is 27.2 Å². The van der Waals surface area contributed by atoms with E-state index in [1.165, 1.54) is 6.08 Å². The molecule has 0 saturated carbocycles. The van der Waals surface area contributed by atoms with Crippen LogP contribution in [0.15, 0.2) is 25.0 Å². The Hall–Kier alpha value is -2.02. The highest BCUT2D eigenvalue weighted by Gasteiger charge is 2.27. The summed E-state index contributed by atoms with van der Waals surface area (Å²) < 4.78 is 14.9. The van der Waals surface area contributed by atoms with E-state index in [4.69, 9.17) is 14.2 Å². The lowest BCUT2D eigenvalue weighted by atomic mass is 9.91. The smallest absolute Gasteiger partial charge is 0.407 e. The summed E-state index contributed by atoms with van der Waals surface area (Å²) in [4.78, 5) is 23.1. The Balaban J connectivity index is 3.82. The van der Waals surface area contributed by atoms with Crippen LogP contribution in [0, 0.1) is 5.41 Å². The predicted octanol–water partition coefficient (Wildman–Crippen LogP) is 1.77. The zero-order chi connectivity index (χ0) is 17.9. The third-order valence-corrected chi connectivity index (χ3v) is 3.14. The Bertz CT molecular complexity index is 419. The second-order valence-electron chi connectivity index (χ2n) is 5.53. The van der Waals surface area contributed by atoms with Gasteiger partial charge in [0, 0.05) is 0 Å². The fraction of sp³-hybridized carbons (Fsp3) is 0.625. The molecule has 0 aliphatic carbocycles. The zero-order valence-electron chi connectivity index (χ0n) is 14.1. The van der Waals surface area contributed by atoms with Gasteiger partial charge in [0.1, 0.15) is 31.7 Å². The van der Waals surface area contributed by atoms with E-state index >= 15 is 0 Å². The monoisotopic (exact) mass is 329 g/mol. The lowest BCUT2D eigenvalue weighted by molar-refractivity contribution is -0.157. The number of hydrogen-bond acceptors (Lipinski definition) is 6. The molecule has 132 valence electrons. The molecule has 0 rings (SSSR count). The average molecular weight is 329 g/mol. The lowest BCUT2D eigenvalue weighted by Crippen LogP contribution is -2.33. The second-order valence-corrected chi connectivity index (χ2v) is 5.53. The van der Waals surface area contributed by atoms with E-state index in [2.05, 4.69) is 18.5 Å². The summed E-state index contributed by atoms with van der Waals surface area (Å²) in [5.41, 5.74) is -0.604. The van der Waals surface area contributed by atoms with Crippen molar-refractivity contribution in [3.05, 3.63) is 25.0 Å². The van der Waals surface area contributed by atoms with Gasteiger partial charge >= 0.3 is 12.1 Å². The number of rotatable bonds is 11. The molecule has 0 aromatic rings. The van der Waals surface area contributed by atoms with Gasteiger partial charge in [-0.05, 0) is 26.3 Å². The number of aliphatic hydroxyl groups is 1. The van der Waals surface area contributed by atoms with Gasteiger partial charge in [0.05, 0.1) is 12.0 Å². The van der Waals surface area contributed by atoms with Crippen molar-refractivity contribution < 1.29 is 28.9 Å². The number of hydrogen-bond donors (Lipinski definition) is 2. The van der Waals surface area contributed by atoms with Crippen molar-refractivity contribution in [3.8, 4) is 0 Å². The molecular weight excluding hydrogens is 302 g/mol. The van der Waals surface area contributed by atoms with E-state index in [0.717, 1.165) is 0 Å². The van der Waals surface area contributed by atoms with Crippen molar-refractivity contribution in [1.29, 1.82) is 0 Å².